The molecule has 1 aromatic rings. The number of unbranched alkanes of at least 4 members (excludes halogenated alkanes) is 9. The quantitative estimate of drug-likeness (QED) is 0.520. The lowest BCUT2D eigenvalue weighted by Gasteiger charge is -2.06. The summed E-state index contributed by atoms with van der Waals surface area (Å²) in [6.07, 6.45) is 15.7. The van der Waals surface area contributed by atoms with Crippen LogP contribution in [0.5, 0.6) is 0 Å². The lowest BCUT2D eigenvalue weighted by molar-refractivity contribution is 0.536. The van der Waals surface area contributed by atoms with Gasteiger partial charge in [0, 0.05) is 6.54 Å². The molecule has 0 aliphatic carbocycles. The number of rotatable bonds is 14. The zero-order chi connectivity index (χ0) is 15.2. The maximum atomic E-state index is 4.13. The molecule has 1 heterocycles. The van der Waals surface area contributed by atoms with Gasteiger partial charge in [-0.1, -0.05) is 64.7 Å². The fraction of sp³-hybridized carbons (Fsp3) is 0.882. The molecule has 0 aliphatic rings. The molecule has 4 heteroatoms. The Labute approximate surface area is 130 Å². The van der Waals surface area contributed by atoms with E-state index in [2.05, 4.69) is 33.9 Å². The van der Waals surface area contributed by atoms with Gasteiger partial charge >= 0.3 is 0 Å². The largest absolute Gasteiger partial charge is 0.317 e. The normalized spacial score (nSPS) is 11.1. The monoisotopic (exact) mass is 294 g/mol. The van der Waals surface area contributed by atoms with Crippen LogP contribution in [0.15, 0.2) is 6.33 Å². The summed E-state index contributed by atoms with van der Waals surface area (Å²) in [6, 6.07) is 0. The van der Waals surface area contributed by atoms with E-state index in [4.69, 9.17) is 0 Å². The standard InChI is InChI=1S/C17H34N4/c1-3-5-6-7-8-9-10-11-12-13-14-18-15-17-20-19-16-21(17)4-2/h16,18H,3-15H2,1-2H3. The number of nitrogens with one attached hydrogen (secondary N) is 1. The predicted octanol–water partition coefficient (Wildman–Crippen LogP) is 4.31. The topological polar surface area (TPSA) is 42.7 Å². The number of hydrogen-bond acceptors (Lipinski definition) is 3. The average Bonchev–Trinajstić information content (AvgIpc) is 2.96. The van der Waals surface area contributed by atoms with Gasteiger partial charge in [0.1, 0.15) is 12.2 Å². The first-order chi connectivity index (χ1) is 10.4. The van der Waals surface area contributed by atoms with Crippen LogP contribution in [0.3, 0.4) is 0 Å². The van der Waals surface area contributed by atoms with Crippen LogP contribution in [0.25, 0.3) is 0 Å². The molecular formula is C17H34N4. The third-order valence-electron chi connectivity index (χ3n) is 4.03. The van der Waals surface area contributed by atoms with E-state index in [1.165, 1.54) is 64.2 Å². The van der Waals surface area contributed by atoms with Crippen molar-refractivity contribution in [3.8, 4) is 0 Å². The molecule has 0 bridgehead atoms. The highest BCUT2D eigenvalue weighted by atomic mass is 15.3. The van der Waals surface area contributed by atoms with Gasteiger partial charge in [-0.3, -0.25) is 0 Å². The summed E-state index contributed by atoms with van der Waals surface area (Å²) < 4.78 is 2.09. The molecule has 122 valence electrons. The van der Waals surface area contributed by atoms with Crippen molar-refractivity contribution in [1.82, 2.24) is 20.1 Å². The second kappa shape index (κ2) is 12.8. The van der Waals surface area contributed by atoms with Crippen LogP contribution in [-0.4, -0.2) is 21.3 Å². The third-order valence-corrected chi connectivity index (χ3v) is 4.03. The van der Waals surface area contributed by atoms with Crippen LogP contribution in [0.2, 0.25) is 0 Å². The van der Waals surface area contributed by atoms with Crippen molar-refractivity contribution in [3.05, 3.63) is 12.2 Å². The van der Waals surface area contributed by atoms with Gasteiger partial charge in [0.05, 0.1) is 6.54 Å². The summed E-state index contributed by atoms with van der Waals surface area (Å²) in [4.78, 5) is 0. The van der Waals surface area contributed by atoms with Crippen molar-refractivity contribution in [1.29, 1.82) is 0 Å². The summed E-state index contributed by atoms with van der Waals surface area (Å²) in [5.74, 6) is 1.05. The minimum absolute atomic E-state index is 0.839. The van der Waals surface area contributed by atoms with Crippen molar-refractivity contribution >= 4 is 0 Å². The summed E-state index contributed by atoms with van der Waals surface area (Å²) in [5.41, 5.74) is 0. The van der Waals surface area contributed by atoms with E-state index >= 15 is 0 Å². The van der Waals surface area contributed by atoms with Gasteiger partial charge in [-0.2, -0.15) is 0 Å². The second-order valence-corrected chi connectivity index (χ2v) is 5.89. The average molecular weight is 294 g/mol. The number of aromatic nitrogens is 3. The molecule has 1 rings (SSSR count). The molecule has 0 aliphatic heterocycles. The molecule has 21 heavy (non-hydrogen) atoms. The second-order valence-electron chi connectivity index (χ2n) is 5.89. The molecule has 0 radical (unpaired) electrons. The van der Waals surface area contributed by atoms with E-state index in [1.54, 1.807) is 6.33 Å². The minimum Gasteiger partial charge on any atom is -0.317 e. The Morgan fingerprint density at radius 2 is 1.52 bits per heavy atom. The smallest absolute Gasteiger partial charge is 0.146 e. The molecule has 0 saturated heterocycles. The van der Waals surface area contributed by atoms with E-state index in [-0.39, 0.29) is 0 Å². The summed E-state index contributed by atoms with van der Waals surface area (Å²) in [5, 5.41) is 11.5. The molecule has 0 atom stereocenters. The fourth-order valence-corrected chi connectivity index (χ4v) is 2.62. The summed E-state index contributed by atoms with van der Waals surface area (Å²) in [7, 11) is 0. The van der Waals surface area contributed by atoms with Gasteiger partial charge in [-0.05, 0) is 19.9 Å². The van der Waals surface area contributed by atoms with Crippen molar-refractivity contribution in [2.75, 3.05) is 6.54 Å². The Morgan fingerprint density at radius 3 is 2.14 bits per heavy atom. The number of hydrogen-bond donors (Lipinski definition) is 1. The lowest BCUT2D eigenvalue weighted by Crippen LogP contribution is -2.18. The molecule has 0 aromatic carbocycles. The van der Waals surface area contributed by atoms with Gasteiger partial charge in [0.25, 0.3) is 0 Å². The molecule has 4 nitrogen and oxygen atoms in total. The Kier molecular flexibility index (Phi) is 11.1. The number of aryl methyl sites for hydroxylation is 1. The first kappa shape index (κ1) is 18.1. The summed E-state index contributed by atoms with van der Waals surface area (Å²) in [6.45, 7) is 7.27. The predicted molar refractivity (Wildman–Crippen MR) is 89.2 cm³/mol. The van der Waals surface area contributed by atoms with Gasteiger partial charge in [-0.25, -0.2) is 0 Å². The fourth-order valence-electron chi connectivity index (χ4n) is 2.62. The maximum Gasteiger partial charge on any atom is 0.146 e. The SMILES string of the molecule is CCCCCCCCCCCCNCc1nncn1CC. The van der Waals surface area contributed by atoms with E-state index in [1.807, 2.05) is 0 Å². The molecule has 1 aromatic heterocycles. The zero-order valence-electron chi connectivity index (χ0n) is 14.1. The Morgan fingerprint density at radius 1 is 0.905 bits per heavy atom. The van der Waals surface area contributed by atoms with Crippen molar-refractivity contribution in [2.45, 2.75) is 91.1 Å². The molecule has 0 unspecified atom stereocenters. The zero-order valence-corrected chi connectivity index (χ0v) is 14.1. The van der Waals surface area contributed by atoms with E-state index in [9.17, 15) is 0 Å². The van der Waals surface area contributed by atoms with Crippen molar-refractivity contribution in [2.24, 2.45) is 0 Å². The molecule has 0 amide bonds. The van der Waals surface area contributed by atoms with Crippen LogP contribution < -0.4 is 5.32 Å². The molecule has 0 fully saturated rings. The Balaban J connectivity index is 1.83. The van der Waals surface area contributed by atoms with Gasteiger partial charge in [0.2, 0.25) is 0 Å². The van der Waals surface area contributed by atoms with Crippen molar-refractivity contribution in [3.63, 3.8) is 0 Å². The number of nitrogens with zero attached hydrogens (tertiary/aromatic N) is 3. The highest BCUT2D eigenvalue weighted by Gasteiger charge is 2.00. The van der Waals surface area contributed by atoms with Gasteiger partial charge in [-0.15, -0.1) is 10.2 Å². The Hall–Kier alpha value is -0.900. The van der Waals surface area contributed by atoms with Crippen LogP contribution >= 0.6 is 0 Å². The molecule has 0 spiro atoms. The van der Waals surface area contributed by atoms with Crippen LogP contribution in [-0.2, 0) is 13.1 Å². The minimum atomic E-state index is 0.839. The molecule has 1 N–H and O–H groups in total. The third kappa shape index (κ3) is 8.86. The van der Waals surface area contributed by atoms with Crippen LogP contribution in [0, 0.1) is 0 Å². The molecular weight excluding hydrogens is 260 g/mol. The summed E-state index contributed by atoms with van der Waals surface area (Å²) >= 11 is 0. The first-order valence-electron chi connectivity index (χ1n) is 8.95. The first-order valence-corrected chi connectivity index (χ1v) is 8.95. The maximum absolute atomic E-state index is 4.13. The van der Waals surface area contributed by atoms with E-state index in [0.29, 0.717) is 0 Å². The van der Waals surface area contributed by atoms with Crippen molar-refractivity contribution < 1.29 is 0 Å². The van der Waals surface area contributed by atoms with Crippen LogP contribution in [0.4, 0.5) is 0 Å². The van der Waals surface area contributed by atoms with Gasteiger partial charge < -0.3 is 9.88 Å². The van der Waals surface area contributed by atoms with E-state index < -0.39 is 0 Å². The van der Waals surface area contributed by atoms with Gasteiger partial charge in [0.15, 0.2) is 0 Å². The van der Waals surface area contributed by atoms with E-state index in [0.717, 1.165) is 25.5 Å². The highest BCUT2D eigenvalue weighted by molar-refractivity contribution is 4.84. The van der Waals surface area contributed by atoms with Crippen LogP contribution in [0.1, 0.15) is 83.9 Å². The molecule has 0 saturated carbocycles. The lowest BCUT2D eigenvalue weighted by atomic mass is 10.1. The highest BCUT2D eigenvalue weighted by Crippen LogP contribution is 2.10. The Bertz CT molecular complexity index is 335.